The minimum Gasteiger partial charge on any atom is -0.384 e. The number of hydrogen-bond acceptors (Lipinski definition) is 3. The van der Waals surface area contributed by atoms with Gasteiger partial charge in [-0.2, -0.15) is 0 Å². The molecule has 0 spiro atoms. The number of aromatic nitrogens is 3. The molecule has 0 saturated heterocycles. The molecular formula is C13H11BrN4. The number of nitrogen functional groups attached to an aromatic ring is 1. The first-order chi connectivity index (χ1) is 8.63. The summed E-state index contributed by atoms with van der Waals surface area (Å²) in [5.74, 6) is 1.30. The summed E-state index contributed by atoms with van der Waals surface area (Å²) >= 11 is 3.48. The van der Waals surface area contributed by atoms with Gasteiger partial charge in [0, 0.05) is 16.2 Å². The van der Waals surface area contributed by atoms with Crippen LogP contribution >= 0.6 is 15.9 Å². The number of hydrogen-bond donors (Lipinski definition) is 2. The van der Waals surface area contributed by atoms with Crippen molar-refractivity contribution in [1.82, 2.24) is 15.0 Å². The number of nitrogens with two attached hydrogens (primary N) is 1. The Bertz CT molecular complexity index is 733. The van der Waals surface area contributed by atoms with Crippen molar-refractivity contribution in [2.45, 2.75) is 6.92 Å². The van der Waals surface area contributed by atoms with E-state index in [2.05, 4.69) is 30.9 Å². The number of anilines is 1. The topological polar surface area (TPSA) is 67.6 Å². The fourth-order valence-electron chi connectivity index (χ4n) is 1.98. The average molecular weight is 303 g/mol. The summed E-state index contributed by atoms with van der Waals surface area (Å²) < 4.78 is 1.04. The Kier molecular flexibility index (Phi) is 2.56. The number of halogens is 1. The fourth-order valence-corrected chi connectivity index (χ4v) is 2.55. The SMILES string of the molecule is Cc1cc(Br)cc2[nH]c(-c3ccnc(N)c3)nc12. The summed E-state index contributed by atoms with van der Waals surface area (Å²) in [7, 11) is 0. The van der Waals surface area contributed by atoms with E-state index in [-0.39, 0.29) is 0 Å². The van der Waals surface area contributed by atoms with Gasteiger partial charge in [0.2, 0.25) is 0 Å². The quantitative estimate of drug-likeness (QED) is 0.725. The second-order valence-electron chi connectivity index (χ2n) is 4.17. The molecule has 4 nitrogen and oxygen atoms in total. The molecule has 3 rings (SSSR count). The predicted molar refractivity (Wildman–Crippen MR) is 76.2 cm³/mol. The van der Waals surface area contributed by atoms with Crippen molar-refractivity contribution < 1.29 is 0 Å². The molecule has 0 unspecified atom stereocenters. The number of benzene rings is 1. The van der Waals surface area contributed by atoms with Gasteiger partial charge in [0.15, 0.2) is 0 Å². The van der Waals surface area contributed by atoms with Gasteiger partial charge in [0.25, 0.3) is 0 Å². The van der Waals surface area contributed by atoms with E-state index in [1.165, 1.54) is 0 Å². The first kappa shape index (κ1) is 11.2. The highest BCUT2D eigenvalue weighted by Crippen LogP contribution is 2.26. The van der Waals surface area contributed by atoms with Crippen molar-refractivity contribution in [3.63, 3.8) is 0 Å². The molecule has 2 aromatic heterocycles. The second kappa shape index (κ2) is 4.10. The zero-order valence-corrected chi connectivity index (χ0v) is 11.3. The molecule has 3 N–H and O–H groups in total. The van der Waals surface area contributed by atoms with E-state index in [1.54, 1.807) is 6.20 Å². The summed E-state index contributed by atoms with van der Waals surface area (Å²) in [6.45, 7) is 2.04. The van der Waals surface area contributed by atoms with E-state index in [1.807, 2.05) is 31.2 Å². The Balaban J connectivity index is 2.22. The van der Waals surface area contributed by atoms with Crippen molar-refractivity contribution in [3.8, 4) is 11.4 Å². The van der Waals surface area contributed by atoms with Crippen LogP contribution in [0.5, 0.6) is 0 Å². The van der Waals surface area contributed by atoms with E-state index in [0.717, 1.165) is 32.5 Å². The average Bonchev–Trinajstić information content (AvgIpc) is 2.73. The lowest BCUT2D eigenvalue weighted by Crippen LogP contribution is -1.90. The highest BCUT2D eigenvalue weighted by atomic mass is 79.9. The number of imidazole rings is 1. The van der Waals surface area contributed by atoms with Crippen molar-refractivity contribution in [3.05, 3.63) is 40.5 Å². The predicted octanol–water partition coefficient (Wildman–Crippen LogP) is 3.28. The minimum absolute atomic E-state index is 0.492. The van der Waals surface area contributed by atoms with Crippen LogP contribution in [-0.4, -0.2) is 15.0 Å². The van der Waals surface area contributed by atoms with Crippen LogP contribution in [0, 0.1) is 6.92 Å². The van der Waals surface area contributed by atoms with Gasteiger partial charge in [0.1, 0.15) is 11.6 Å². The summed E-state index contributed by atoms with van der Waals surface area (Å²) in [5.41, 5.74) is 9.73. The van der Waals surface area contributed by atoms with Gasteiger partial charge in [-0.05, 0) is 36.8 Å². The van der Waals surface area contributed by atoms with Gasteiger partial charge in [-0.1, -0.05) is 15.9 Å². The standard InChI is InChI=1S/C13H11BrN4/c1-7-4-9(14)6-10-12(7)18-13(17-10)8-2-3-16-11(15)5-8/h2-6H,1H3,(H2,15,16)(H,17,18). The molecule has 0 bridgehead atoms. The molecule has 1 aromatic carbocycles. The van der Waals surface area contributed by atoms with E-state index >= 15 is 0 Å². The largest absolute Gasteiger partial charge is 0.384 e. The molecule has 0 amide bonds. The smallest absolute Gasteiger partial charge is 0.138 e. The molecule has 90 valence electrons. The van der Waals surface area contributed by atoms with Crippen LogP contribution in [0.3, 0.4) is 0 Å². The summed E-state index contributed by atoms with van der Waals surface area (Å²) in [6.07, 6.45) is 1.68. The summed E-state index contributed by atoms with van der Waals surface area (Å²) in [4.78, 5) is 11.9. The van der Waals surface area contributed by atoms with Crippen molar-refractivity contribution in [2.24, 2.45) is 0 Å². The molecule has 0 saturated carbocycles. The molecule has 0 aliphatic carbocycles. The van der Waals surface area contributed by atoms with Crippen LogP contribution in [0.25, 0.3) is 22.4 Å². The monoisotopic (exact) mass is 302 g/mol. The Morgan fingerprint density at radius 1 is 1.28 bits per heavy atom. The zero-order valence-electron chi connectivity index (χ0n) is 9.74. The Labute approximate surface area is 112 Å². The normalized spacial score (nSPS) is 11.0. The summed E-state index contributed by atoms with van der Waals surface area (Å²) in [6, 6.07) is 7.76. The van der Waals surface area contributed by atoms with E-state index in [9.17, 15) is 0 Å². The molecule has 0 atom stereocenters. The lowest BCUT2D eigenvalue weighted by atomic mass is 10.2. The number of nitrogens with one attached hydrogen (secondary N) is 1. The summed E-state index contributed by atoms with van der Waals surface area (Å²) in [5, 5.41) is 0. The number of pyridine rings is 1. The molecule has 3 aromatic rings. The third-order valence-electron chi connectivity index (χ3n) is 2.80. The van der Waals surface area contributed by atoms with Crippen LogP contribution in [0.2, 0.25) is 0 Å². The number of nitrogens with zero attached hydrogens (tertiary/aromatic N) is 2. The van der Waals surface area contributed by atoms with Crippen LogP contribution < -0.4 is 5.73 Å². The van der Waals surface area contributed by atoms with E-state index < -0.39 is 0 Å². The van der Waals surface area contributed by atoms with Crippen molar-refractivity contribution in [1.29, 1.82) is 0 Å². The number of aryl methyl sites for hydroxylation is 1. The van der Waals surface area contributed by atoms with Gasteiger partial charge < -0.3 is 10.7 Å². The lowest BCUT2D eigenvalue weighted by Gasteiger charge is -1.96. The van der Waals surface area contributed by atoms with Gasteiger partial charge in [0.05, 0.1) is 11.0 Å². The third kappa shape index (κ3) is 1.86. The van der Waals surface area contributed by atoms with Gasteiger partial charge in [-0.25, -0.2) is 9.97 Å². The Morgan fingerprint density at radius 2 is 2.11 bits per heavy atom. The molecule has 18 heavy (non-hydrogen) atoms. The fraction of sp³-hybridized carbons (Fsp3) is 0.0769. The van der Waals surface area contributed by atoms with Gasteiger partial charge in [-0.15, -0.1) is 0 Å². The molecule has 0 fully saturated rings. The maximum absolute atomic E-state index is 5.68. The minimum atomic E-state index is 0.492. The Morgan fingerprint density at radius 3 is 2.89 bits per heavy atom. The maximum Gasteiger partial charge on any atom is 0.138 e. The molecule has 5 heteroatoms. The molecule has 0 aliphatic heterocycles. The van der Waals surface area contributed by atoms with Crippen LogP contribution in [-0.2, 0) is 0 Å². The number of fused-ring (bicyclic) bond motifs is 1. The van der Waals surface area contributed by atoms with E-state index in [4.69, 9.17) is 5.73 Å². The van der Waals surface area contributed by atoms with Crippen LogP contribution in [0.4, 0.5) is 5.82 Å². The van der Waals surface area contributed by atoms with Crippen LogP contribution in [0.1, 0.15) is 5.56 Å². The Hall–Kier alpha value is -1.88. The number of rotatable bonds is 1. The van der Waals surface area contributed by atoms with Crippen LogP contribution in [0.15, 0.2) is 34.9 Å². The van der Waals surface area contributed by atoms with Crippen molar-refractivity contribution in [2.75, 3.05) is 5.73 Å². The van der Waals surface area contributed by atoms with Crippen molar-refractivity contribution >= 4 is 32.8 Å². The molecule has 0 aliphatic rings. The first-order valence-corrected chi connectivity index (χ1v) is 6.30. The van der Waals surface area contributed by atoms with E-state index in [0.29, 0.717) is 5.82 Å². The number of H-pyrrole nitrogens is 1. The molecular weight excluding hydrogens is 292 g/mol. The molecule has 0 radical (unpaired) electrons. The third-order valence-corrected chi connectivity index (χ3v) is 3.25. The first-order valence-electron chi connectivity index (χ1n) is 5.51. The van der Waals surface area contributed by atoms with Gasteiger partial charge >= 0.3 is 0 Å². The zero-order chi connectivity index (χ0) is 12.7. The number of aromatic amines is 1. The lowest BCUT2D eigenvalue weighted by molar-refractivity contribution is 1.29. The van der Waals surface area contributed by atoms with Gasteiger partial charge in [-0.3, -0.25) is 0 Å². The molecule has 2 heterocycles. The highest BCUT2D eigenvalue weighted by molar-refractivity contribution is 9.10. The second-order valence-corrected chi connectivity index (χ2v) is 5.09. The highest BCUT2D eigenvalue weighted by Gasteiger charge is 2.08. The maximum atomic E-state index is 5.68.